The summed E-state index contributed by atoms with van der Waals surface area (Å²) in [5.74, 6) is 4.25. The molecule has 0 aromatic heterocycles. The third-order valence-electron chi connectivity index (χ3n) is 28.4. The second kappa shape index (κ2) is 22.5. The van der Waals surface area contributed by atoms with Crippen LogP contribution in [0.3, 0.4) is 0 Å². The van der Waals surface area contributed by atoms with Crippen LogP contribution in [0.1, 0.15) is 146 Å². The van der Waals surface area contributed by atoms with Crippen molar-refractivity contribution in [1.82, 2.24) is 19.6 Å². The minimum Gasteiger partial charge on any atom is -0.504 e. The highest BCUT2D eigenvalue weighted by Gasteiger charge is 2.76. The lowest BCUT2D eigenvalue weighted by Crippen LogP contribution is -2.76. The van der Waals surface area contributed by atoms with Crippen LogP contribution in [0, 0.1) is 17.8 Å². The van der Waals surface area contributed by atoms with Crippen LogP contribution in [0.25, 0.3) is 0 Å². The third kappa shape index (κ3) is 8.43. The lowest BCUT2D eigenvalue weighted by molar-refractivity contribution is -0.188. The van der Waals surface area contributed by atoms with Gasteiger partial charge >= 0.3 is 0 Å². The van der Waals surface area contributed by atoms with Crippen molar-refractivity contribution in [3.63, 3.8) is 0 Å². The molecule has 21 rings (SSSR count). The van der Waals surface area contributed by atoms with E-state index in [0.29, 0.717) is 92.4 Å². The van der Waals surface area contributed by atoms with Crippen molar-refractivity contribution in [2.75, 3.05) is 59.5 Å². The molecule has 10 aliphatic carbocycles. The van der Waals surface area contributed by atoms with Gasteiger partial charge in [-0.3, -0.25) is 34.0 Å². The Morgan fingerprint density at radius 1 is 0.571 bits per heavy atom. The molecule has 17 aliphatic rings. The number of aliphatic hydroxyl groups excluding tert-OH is 2. The molecule has 3 spiro atoms. The Labute approximate surface area is 572 Å². The fraction of sp³-hybridized carbons (Fsp3) is 0.588. The Bertz CT molecular complexity index is 4070. The summed E-state index contributed by atoms with van der Waals surface area (Å²) in [4.78, 5) is 47.9. The number of rotatable bonds is 10. The van der Waals surface area contributed by atoms with Gasteiger partial charge in [0.15, 0.2) is 58.3 Å². The van der Waals surface area contributed by atoms with Gasteiger partial charge in [0.2, 0.25) is 0 Å². The monoisotopic (exact) mass is 1330 g/mol. The number of Topliss-reactive ketones (excluding diaryl/α,β-unsaturated/α-hetero) is 3. The first-order chi connectivity index (χ1) is 47.4. The summed E-state index contributed by atoms with van der Waals surface area (Å²) >= 11 is 0. The van der Waals surface area contributed by atoms with Crippen LogP contribution in [0.5, 0.6) is 34.5 Å². The van der Waals surface area contributed by atoms with E-state index in [2.05, 4.69) is 51.0 Å². The molecule has 4 aromatic rings. The number of aliphatic hydroxyl groups is 4. The second-order valence-electron chi connectivity index (χ2n) is 32.4. The van der Waals surface area contributed by atoms with Gasteiger partial charge in [-0.2, -0.15) is 0 Å². The van der Waals surface area contributed by atoms with Crippen LogP contribution in [0.4, 0.5) is 0 Å². The minimum atomic E-state index is -1.00. The molecule has 0 unspecified atom stereocenters. The molecule has 5 saturated carbocycles. The lowest BCUT2D eigenvalue weighted by Gasteiger charge is -2.65. The van der Waals surface area contributed by atoms with E-state index in [1.54, 1.807) is 18.2 Å². The van der Waals surface area contributed by atoms with E-state index in [1.807, 2.05) is 49.6 Å². The molecule has 7 heterocycles. The summed E-state index contributed by atoms with van der Waals surface area (Å²) in [6, 6.07) is 18.0. The molecule has 8 bridgehead atoms. The Kier molecular flexibility index (Phi) is 14.6. The summed E-state index contributed by atoms with van der Waals surface area (Å²) in [6.07, 6.45) is 21.4. The maximum absolute atomic E-state index is 12.7. The average molecular weight is 1340 g/mol. The van der Waals surface area contributed by atoms with Crippen molar-refractivity contribution < 1.29 is 69.1 Å². The topological polar surface area (TPSA) is 243 Å². The van der Waals surface area contributed by atoms with Crippen molar-refractivity contribution in [2.24, 2.45) is 17.8 Å². The van der Waals surface area contributed by atoms with Gasteiger partial charge in [-0.15, -0.1) is 13.2 Å². The number of hydrogen-bond acceptors (Lipinski definition) is 18. The van der Waals surface area contributed by atoms with Crippen LogP contribution in [0.15, 0.2) is 92.1 Å². The lowest BCUT2D eigenvalue weighted by atomic mass is 9.48. The number of ether oxygens (including phenoxy) is 4. The third-order valence-corrected chi connectivity index (χ3v) is 28.4. The van der Waals surface area contributed by atoms with E-state index in [9.17, 15) is 50.1 Å². The van der Waals surface area contributed by atoms with Crippen LogP contribution in [-0.2, 0) is 73.1 Å². The zero-order chi connectivity index (χ0) is 67.4. The number of methoxy groups -OCH3 is 1. The summed E-state index contributed by atoms with van der Waals surface area (Å²) in [6.45, 7) is 15.3. The van der Waals surface area contributed by atoms with Gasteiger partial charge in [-0.1, -0.05) is 60.7 Å². The predicted molar refractivity (Wildman–Crippen MR) is 363 cm³/mol. The highest BCUT2D eigenvalue weighted by Crippen LogP contribution is 2.68. The molecule has 0 radical (unpaired) electrons. The highest BCUT2D eigenvalue weighted by molar-refractivity contribution is 5.91. The summed E-state index contributed by atoms with van der Waals surface area (Å²) in [7, 11) is 1.85. The van der Waals surface area contributed by atoms with Gasteiger partial charge in [0, 0.05) is 123 Å². The number of ketones is 3. The molecule has 18 nitrogen and oxygen atoms in total. The number of nitrogens with zero attached hydrogens (tertiary/aromatic N) is 4. The molecule has 18 heteroatoms. The van der Waals surface area contributed by atoms with Gasteiger partial charge < -0.3 is 54.7 Å². The molecule has 98 heavy (non-hydrogen) atoms. The van der Waals surface area contributed by atoms with Crippen LogP contribution >= 0.6 is 0 Å². The Morgan fingerprint density at radius 3 is 1.67 bits per heavy atom. The standard InChI is InChI=1S/C22H29NO3.C20H23NO4.C19H21NO4.C19H21NO3/c1-26-22-8-7-18(25)12-21(22)9-10-23(13-15-5-6-15)19(22)11-16-3-2-4-17(14-24)20(16)21;22-13-4-3-12-9-15-20(24)6-5-14(23)18-19(20,16(12)17(13)25-18)7-8-21(15)10-11-1-2-11;1-2-8-20-9-7-18-15-11-3-4-12(21)16(15)24-17(18)13(22)5-6-19(18,23)14(20)10-11;1-2-8-20-9-7-19-12-4-6-15(22)18(19)23-17-14(21)5-3-11(16(17)19)10-13(12)20/h2-4,15,19,24H,5-14H2,1H3;3-4,11,15,18,22,24H,1-2,5-10H2;2-4,14,17,21,23H,1,5-10H2;2-6,12-13,15,18,21-22H,1,7-10H2/t19-,21-,22-;15-,18+,19+,20-;14-,17+,18+,19-;12-,13+,15-,18-,19-/m1110/s1. The first-order valence-corrected chi connectivity index (χ1v) is 36.8. The number of carbonyl (C=O) groups excluding carboxylic acids is 3. The summed E-state index contributed by atoms with van der Waals surface area (Å²) in [5.41, 5.74) is 5.92. The molecule has 7 aliphatic heterocycles. The normalized spacial score (nSPS) is 39.2. The van der Waals surface area contributed by atoms with Gasteiger partial charge in [-0.05, 0) is 179 Å². The van der Waals surface area contributed by atoms with E-state index >= 15 is 0 Å². The smallest absolute Gasteiger partial charge is 0.174 e. The van der Waals surface area contributed by atoms with Crippen LogP contribution in [-0.4, -0.2) is 198 Å². The molecule has 4 aromatic carbocycles. The second-order valence-corrected chi connectivity index (χ2v) is 32.4. The van der Waals surface area contributed by atoms with Crippen molar-refractivity contribution in [3.8, 4) is 34.5 Å². The van der Waals surface area contributed by atoms with E-state index in [-0.39, 0.29) is 70.0 Å². The number of likely N-dealkylation sites (tertiary alicyclic amines) is 4. The van der Waals surface area contributed by atoms with Crippen LogP contribution < -0.4 is 14.2 Å². The van der Waals surface area contributed by atoms with E-state index < -0.39 is 40.3 Å². The molecule has 9 fully saturated rings. The SMILES string of the molecule is C=CCN1CC[C@]23c4c5ccc(O)c4O[C@H]2C(=O)CC[C@@]3(O)[C@H]1C5.C=CCN1CC[C@]23c4c5ccc(O)c4O[C@H]2[C@@H](O)C=C[C@H]3[C@H]1C5.CO[C@@]12CCC(=O)C[C@@]13CCN(CC1CC1)[C@@H]2Cc1cccc(CO)c13.O=C1CC[C@@]2(O)[C@H]3Cc4ccc(O)c5c4[C@@]2(CCN3CC2CC2)[C@H]1O5. The number of hydrogen-bond donors (Lipinski definition) is 7. The minimum absolute atomic E-state index is 0.0371. The fourth-order valence-electron chi connectivity index (χ4n) is 24.1. The molecular formula is C80H94N4O14. The first-order valence-electron chi connectivity index (χ1n) is 36.8. The van der Waals surface area contributed by atoms with Gasteiger partial charge in [0.05, 0.1) is 34.2 Å². The van der Waals surface area contributed by atoms with Gasteiger partial charge in [0.25, 0.3) is 0 Å². The Balaban J connectivity index is 0.0000000948. The number of carbonyl (C=O) groups is 3. The molecule has 4 saturated heterocycles. The van der Waals surface area contributed by atoms with Crippen molar-refractivity contribution >= 4 is 17.3 Å². The zero-order valence-corrected chi connectivity index (χ0v) is 56.3. The highest BCUT2D eigenvalue weighted by atomic mass is 16.5. The van der Waals surface area contributed by atoms with Crippen molar-refractivity contribution in [1.29, 1.82) is 0 Å². The quantitative estimate of drug-likeness (QED) is 0.0778. The first kappa shape index (κ1) is 63.7. The number of piperidine rings is 4. The molecule has 0 amide bonds. The van der Waals surface area contributed by atoms with Crippen molar-refractivity contribution in [2.45, 2.75) is 216 Å². The van der Waals surface area contributed by atoms with E-state index in [0.717, 1.165) is 136 Å². The summed E-state index contributed by atoms with van der Waals surface area (Å²) < 4.78 is 24.6. The average Bonchev–Trinajstić information content (AvgIpc) is 1.41. The Hall–Kier alpha value is -6.45. The number of phenols is 3. The van der Waals surface area contributed by atoms with Crippen LogP contribution in [0.2, 0.25) is 0 Å². The largest absolute Gasteiger partial charge is 0.504 e. The molecular weight excluding hydrogens is 1240 g/mol. The number of aromatic hydroxyl groups is 3. The maximum Gasteiger partial charge on any atom is 0.174 e. The Morgan fingerprint density at radius 2 is 1.09 bits per heavy atom. The molecule has 16 atom stereocenters. The maximum atomic E-state index is 12.7. The fourth-order valence-corrected chi connectivity index (χ4v) is 24.1. The zero-order valence-electron chi connectivity index (χ0n) is 56.3. The molecule has 7 N–H and O–H groups in total. The number of fused-ring (bicyclic) bond motifs is 1. The summed E-state index contributed by atoms with van der Waals surface area (Å²) in [5, 5.41) is 75.2. The van der Waals surface area contributed by atoms with Gasteiger partial charge in [0.1, 0.15) is 18.0 Å². The van der Waals surface area contributed by atoms with E-state index in [1.165, 1.54) is 48.9 Å². The van der Waals surface area contributed by atoms with Crippen molar-refractivity contribution in [3.05, 3.63) is 142 Å². The number of phenolic OH excluding ortho intramolecular Hbond substituents is 3. The predicted octanol–water partition coefficient (Wildman–Crippen LogP) is 7.18. The van der Waals surface area contributed by atoms with E-state index in [4.69, 9.17) is 18.9 Å². The molecule has 518 valence electrons. The number of benzene rings is 4. The van der Waals surface area contributed by atoms with Gasteiger partial charge in [-0.25, -0.2) is 0 Å².